The summed E-state index contributed by atoms with van der Waals surface area (Å²) in [6, 6.07) is 10.6. The van der Waals surface area contributed by atoms with E-state index in [1.165, 1.54) is 38.0 Å². The maximum absolute atomic E-state index is 5.73. The lowest BCUT2D eigenvalue weighted by Gasteiger charge is -2.19. The first-order chi connectivity index (χ1) is 9.38. The molecule has 0 radical (unpaired) electrons. The van der Waals surface area contributed by atoms with E-state index < -0.39 is 0 Å². The maximum Gasteiger partial charge on any atom is 0.0506 e. The highest BCUT2D eigenvalue weighted by Crippen LogP contribution is 2.29. The first-order valence-electron chi connectivity index (χ1n) is 7.72. The van der Waals surface area contributed by atoms with Crippen LogP contribution in [0.3, 0.4) is 0 Å². The van der Waals surface area contributed by atoms with E-state index in [9.17, 15) is 0 Å². The highest BCUT2D eigenvalue weighted by atomic mass is 16.5. The monoisotopic (exact) mass is 261 g/mol. The molecule has 0 amide bonds. The average molecular weight is 261 g/mol. The van der Waals surface area contributed by atoms with E-state index >= 15 is 0 Å². The van der Waals surface area contributed by atoms with Crippen molar-refractivity contribution in [2.75, 3.05) is 32.8 Å². The fourth-order valence-electron chi connectivity index (χ4n) is 2.37. The lowest BCUT2D eigenvalue weighted by atomic mass is 10.2. The zero-order valence-corrected chi connectivity index (χ0v) is 12.2. The summed E-state index contributed by atoms with van der Waals surface area (Å²) in [5, 5.41) is 0. The fourth-order valence-corrected chi connectivity index (χ4v) is 2.37. The van der Waals surface area contributed by atoms with Gasteiger partial charge in [0.1, 0.15) is 0 Å². The molecule has 0 heterocycles. The average Bonchev–Trinajstić information content (AvgIpc) is 3.26. The van der Waals surface area contributed by atoms with Gasteiger partial charge < -0.3 is 9.64 Å². The highest BCUT2D eigenvalue weighted by Gasteiger charge is 2.23. The topological polar surface area (TPSA) is 12.5 Å². The molecule has 0 aliphatic heterocycles. The Morgan fingerprint density at radius 3 is 2.63 bits per heavy atom. The van der Waals surface area contributed by atoms with Crippen LogP contribution in [0.2, 0.25) is 0 Å². The van der Waals surface area contributed by atoms with Crippen molar-refractivity contribution < 1.29 is 4.74 Å². The third-order valence-electron chi connectivity index (χ3n) is 3.80. The zero-order valence-electron chi connectivity index (χ0n) is 12.2. The highest BCUT2D eigenvalue weighted by molar-refractivity contribution is 5.14. The van der Waals surface area contributed by atoms with E-state index in [2.05, 4.69) is 42.2 Å². The van der Waals surface area contributed by atoms with Gasteiger partial charge in [-0.15, -0.1) is 0 Å². The molecule has 0 aromatic heterocycles. The van der Waals surface area contributed by atoms with Gasteiger partial charge in [-0.25, -0.2) is 0 Å². The van der Waals surface area contributed by atoms with Gasteiger partial charge in [-0.3, -0.25) is 0 Å². The van der Waals surface area contributed by atoms with Gasteiger partial charge >= 0.3 is 0 Å². The molecule has 1 aliphatic carbocycles. The summed E-state index contributed by atoms with van der Waals surface area (Å²) < 4.78 is 5.73. The molecule has 1 fully saturated rings. The first-order valence-corrected chi connectivity index (χ1v) is 7.72. The molecule has 1 aliphatic rings. The molecule has 106 valence electrons. The van der Waals surface area contributed by atoms with Gasteiger partial charge in [-0.1, -0.05) is 37.3 Å². The number of hydrogen-bond acceptors (Lipinski definition) is 2. The molecule has 1 aromatic rings. The van der Waals surface area contributed by atoms with Crippen LogP contribution >= 0.6 is 0 Å². The summed E-state index contributed by atoms with van der Waals surface area (Å²) >= 11 is 0. The van der Waals surface area contributed by atoms with Crippen molar-refractivity contribution in [3.8, 4) is 0 Å². The Hall–Kier alpha value is -0.860. The number of hydrogen-bond donors (Lipinski definition) is 0. The van der Waals surface area contributed by atoms with E-state index in [0.29, 0.717) is 0 Å². The Morgan fingerprint density at radius 1 is 1.16 bits per heavy atom. The Kier molecular flexibility index (Phi) is 6.38. The Morgan fingerprint density at radius 2 is 1.95 bits per heavy atom. The summed E-state index contributed by atoms with van der Waals surface area (Å²) in [5.74, 6) is 0.999. The van der Waals surface area contributed by atoms with Crippen molar-refractivity contribution in [3.63, 3.8) is 0 Å². The van der Waals surface area contributed by atoms with Gasteiger partial charge in [-0.05, 0) is 43.7 Å². The normalized spacial score (nSPS) is 15.1. The minimum Gasteiger partial charge on any atom is -0.381 e. The lowest BCUT2D eigenvalue weighted by molar-refractivity contribution is 0.123. The molecule has 0 unspecified atom stereocenters. The van der Waals surface area contributed by atoms with Crippen LogP contribution in [0.4, 0.5) is 0 Å². The summed E-state index contributed by atoms with van der Waals surface area (Å²) in [6.45, 7) is 7.69. The summed E-state index contributed by atoms with van der Waals surface area (Å²) in [7, 11) is 0. The molecule has 2 rings (SSSR count). The van der Waals surface area contributed by atoms with Crippen LogP contribution in [0.25, 0.3) is 0 Å². The third-order valence-corrected chi connectivity index (χ3v) is 3.80. The quantitative estimate of drug-likeness (QED) is 0.599. The summed E-state index contributed by atoms with van der Waals surface area (Å²) in [5.41, 5.74) is 1.37. The van der Waals surface area contributed by atoms with Crippen molar-refractivity contribution in [1.82, 2.24) is 4.90 Å². The van der Waals surface area contributed by atoms with Crippen LogP contribution in [-0.4, -0.2) is 37.7 Å². The molecule has 0 N–H and O–H groups in total. The lowest BCUT2D eigenvalue weighted by Crippen LogP contribution is -2.27. The largest absolute Gasteiger partial charge is 0.381 e. The molecule has 0 bridgehead atoms. The smallest absolute Gasteiger partial charge is 0.0506 e. The van der Waals surface area contributed by atoms with Gasteiger partial charge in [0, 0.05) is 19.7 Å². The second kappa shape index (κ2) is 8.34. The first kappa shape index (κ1) is 14.5. The molecule has 1 saturated carbocycles. The molecule has 0 saturated heterocycles. The van der Waals surface area contributed by atoms with Crippen LogP contribution < -0.4 is 0 Å². The van der Waals surface area contributed by atoms with Crippen molar-refractivity contribution in [2.24, 2.45) is 5.92 Å². The van der Waals surface area contributed by atoms with E-state index in [0.717, 1.165) is 32.0 Å². The third kappa shape index (κ3) is 6.22. The minimum absolute atomic E-state index is 0.846. The van der Waals surface area contributed by atoms with Crippen LogP contribution in [0, 0.1) is 5.92 Å². The SMILES string of the molecule is CCN(CCCOCCc1ccccc1)CC1CC1. The molecule has 1 aromatic carbocycles. The second-order valence-electron chi connectivity index (χ2n) is 5.54. The van der Waals surface area contributed by atoms with Crippen molar-refractivity contribution in [3.05, 3.63) is 35.9 Å². The van der Waals surface area contributed by atoms with Crippen LogP contribution in [-0.2, 0) is 11.2 Å². The van der Waals surface area contributed by atoms with Crippen LogP contribution in [0.15, 0.2) is 30.3 Å². The molecular formula is C17H27NO. The predicted molar refractivity (Wildman–Crippen MR) is 80.4 cm³/mol. The van der Waals surface area contributed by atoms with E-state index in [-0.39, 0.29) is 0 Å². The molecule has 2 heteroatoms. The molecule has 2 nitrogen and oxygen atoms in total. The standard InChI is InChI=1S/C17H27NO/c1-2-18(15-17-9-10-17)12-6-13-19-14-11-16-7-4-3-5-8-16/h3-5,7-8,17H,2,6,9-15H2,1H3. The van der Waals surface area contributed by atoms with Crippen LogP contribution in [0.5, 0.6) is 0 Å². The van der Waals surface area contributed by atoms with Crippen molar-refractivity contribution in [1.29, 1.82) is 0 Å². The number of nitrogens with zero attached hydrogens (tertiary/aromatic N) is 1. The summed E-state index contributed by atoms with van der Waals surface area (Å²) in [4.78, 5) is 2.57. The molecule has 19 heavy (non-hydrogen) atoms. The van der Waals surface area contributed by atoms with Crippen molar-refractivity contribution >= 4 is 0 Å². The van der Waals surface area contributed by atoms with E-state index in [4.69, 9.17) is 4.74 Å². The maximum atomic E-state index is 5.73. The minimum atomic E-state index is 0.846. The molecule has 0 atom stereocenters. The van der Waals surface area contributed by atoms with Gasteiger partial charge in [0.25, 0.3) is 0 Å². The molecule has 0 spiro atoms. The van der Waals surface area contributed by atoms with Gasteiger partial charge in [0.15, 0.2) is 0 Å². The Bertz CT molecular complexity index is 334. The molecular weight excluding hydrogens is 234 g/mol. The number of benzene rings is 1. The van der Waals surface area contributed by atoms with E-state index in [1.54, 1.807) is 0 Å². The van der Waals surface area contributed by atoms with Gasteiger partial charge in [0.2, 0.25) is 0 Å². The Labute approximate surface area is 117 Å². The fraction of sp³-hybridized carbons (Fsp3) is 0.647. The number of rotatable bonds is 10. The predicted octanol–water partition coefficient (Wildman–Crippen LogP) is 3.37. The second-order valence-corrected chi connectivity index (χ2v) is 5.54. The zero-order chi connectivity index (χ0) is 13.3. The Balaban J connectivity index is 1.47. The van der Waals surface area contributed by atoms with Crippen LogP contribution in [0.1, 0.15) is 31.7 Å². The number of ether oxygens (including phenoxy) is 1. The van der Waals surface area contributed by atoms with E-state index in [1.807, 2.05) is 0 Å². The van der Waals surface area contributed by atoms with Gasteiger partial charge in [0.05, 0.1) is 6.61 Å². The van der Waals surface area contributed by atoms with Gasteiger partial charge in [-0.2, -0.15) is 0 Å². The van der Waals surface area contributed by atoms with Crippen molar-refractivity contribution in [2.45, 2.75) is 32.6 Å². The summed E-state index contributed by atoms with van der Waals surface area (Å²) in [6.07, 6.45) is 5.09.